The lowest BCUT2D eigenvalue weighted by atomic mass is 10.3. The van der Waals surface area contributed by atoms with E-state index in [1.54, 1.807) is 31.4 Å². The number of hydrogen-bond donors (Lipinski definition) is 1. The number of sulfonamides is 1. The maximum absolute atomic E-state index is 12.1. The summed E-state index contributed by atoms with van der Waals surface area (Å²) in [5.74, 6) is 0.337. The number of nitrogens with zero attached hydrogens (tertiary/aromatic N) is 1. The predicted molar refractivity (Wildman–Crippen MR) is 86.1 cm³/mol. The Morgan fingerprint density at radius 2 is 1.86 bits per heavy atom. The van der Waals surface area contributed by atoms with Crippen molar-refractivity contribution in [1.82, 2.24) is 4.31 Å². The first-order valence-electron chi connectivity index (χ1n) is 6.31. The summed E-state index contributed by atoms with van der Waals surface area (Å²) in [5, 5.41) is 4.17. The summed E-state index contributed by atoms with van der Waals surface area (Å²) in [6.45, 7) is 0. The number of hydrogen-bond acceptors (Lipinski definition) is 5. The monoisotopic (exact) mass is 340 g/mol. The highest BCUT2D eigenvalue weighted by molar-refractivity contribution is 7.89. The SMILES string of the molecule is COc1ccc(NC(=O)c2cc(S(=O)(=O)N(C)C)cs2)cc1. The topological polar surface area (TPSA) is 75.7 Å². The molecule has 118 valence electrons. The second-order valence-corrected chi connectivity index (χ2v) is 7.68. The van der Waals surface area contributed by atoms with Gasteiger partial charge in [-0.1, -0.05) is 0 Å². The molecule has 0 aliphatic heterocycles. The Morgan fingerprint density at radius 3 is 2.41 bits per heavy atom. The van der Waals surface area contributed by atoms with Crippen molar-refractivity contribution in [3.05, 3.63) is 40.6 Å². The highest BCUT2D eigenvalue weighted by Crippen LogP contribution is 2.23. The second-order valence-electron chi connectivity index (χ2n) is 4.62. The largest absolute Gasteiger partial charge is 0.497 e. The molecule has 0 spiro atoms. The lowest BCUT2D eigenvalue weighted by Crippen LogP contribution is -2.21. The number of benzene rings is 1. The molecule has 1 amide bonds. The van der Waals surface area contributed by atoms with Crippen LogP contribution in [0.4, 0.5) is 5.69 Å². The summed E-state index contributed by atoms with van der Waals surface area (Å²) in [5.41, 5.74) is 0.608. The maximum atomic E-state index is 12.1. The van der Waals surface area contributed by atoms with Crippen molar-refractivity contribution in [2.75, 3.05) is 26.5 Å². The molecule has 0 bridgehead atoms. The lowest BCUT2D eigenvalue weighted by Gasteiger charge is -2.08. The van der Waals surface area contributed by atoms with Gasteiger partial charge in [-0.3, -0.25) is 4.79 Å². The Balaban J connectivity index is 2.15. The number of carbonyl (C=O) groups excluding carboxylic acids is 1. The van der Waals surface area contributed by atoms with Crippen LogP contribution in [-0.2, 0) is 10.0 Å². The Morgan fingerprint density at radius 1 is 1.23 bits per heavy atom. The summed E-state index contributed by atoms with van der Waals surface area (Å²) < 4.78 is 30.1. The smallest absolute Gasteiger partial charge is 0.265 e. The number of carbonyl (C=O) groups is 1. The zero-order chi connectivity index (χ0) is 16.3. The number of amides is 1. The third-order valence-corrected chi connectivity index (χ3v) is 5.80. The molecule has 0 aliphatic carbocycles. The van der Waals surface area contributed by atoms with Crippen molar-refractivity contribution in [3.8, 4) is 5.75 Å². The number of methoxy groups -OCH3 is 1. The first-order chi connectivity index (χ1) is 10.3. The number of ether oxygens (including phenoxy) is 1. The van der Waals surface area contributed by atoms with Gasteiger partial charge in [0.15, 0.2) is 0 Å². The van der Waals surface area contributed by atoms with Gasteiger partial charge >= 0.3 is 0 Å². The first kappa shape index (κ1) is 16.5. The van der Waals surface area contributed by atoms with Crippen LogP contribution in [0.5, 0.6) is 5.75 Å². The van der Waals surface area contributed by atoms with Crippen LogP contribution in [0.1, 0.15) is 9.67 Å². The fourth-order valence-electron chi connectivity index (χ4n) is 1.65. The molecule has 0 unspecified atom stereocenters. The van der Waals surface area contributed by atoms with E-state index in [9.17, 15) is 13.2 Å². The van der Waals surface area contributed by atoms with Gasteiger partial charge in [0.2, 0.25) is 10.0 Å². The molecule has 0 atom stereocenters. The van der Waals surface area contributed by atoms with Crippen molar-refractivity contribution < 1.29 is 17.9 Å². The predicted octanol–water partition coefficient (Wildman–Crippen LogP) is 2.26. The lowest BCUT2D eigenvalue weighted by molar-refractivity contribution is 0.103. The third kappa shape index (κ3) is 3.46. The van der Waals surface area contributed by atoms with Crippen LogP contribution in [-0.4, -0.2) is 39.8 Å². The quantitative estimate of drug-likeness (QED) is 0.906. The standard InChI is InChI=1S/C14H16N2O4S2/c1-16(2)22(18,19)12-8-13(21-9-12)14(17)15-10-4-6-11(20-3)7-5-10/h4-9H,1-3H3,(H,15,17). The summed E-state index contributed by atoms with van der Waals surface area (Å²) >= 11 is 1.09. The summed E-state index contributed by atoms with van der Waals surface area (Å²) in [6, 6.07) is 8.25. The highest BCUT2D eigenvalue weighted by atomic mass is 32.2. The van der Waals surface area contributed by atoms with E-state index in [4.69, 9.17) is 4.74 Å². The zero-order valence-corrected chi connectivity index (χ0v) is 14.0. The molecule has 1 N–H and O–H groups in total. The van der Waals surface area contributed by atoms with Gasteiger partial charge in [-0.2, -0.15) is 0 Å². The van der Waals surface area contributed by atoms with Gasteiger partial charge in [0, 0.05) is 25.2 Å². The normalized spacial score (nSPS) is 11.5. The summed E-state index contributed by atoms with van der Waals surface area (Å²) in [6.07, 6.45) is 0. The molecule has 0 radical (unpaired) electrons. The molecule has 1 heterocycles. The number of rotatable bonds is 5. The molecule has 0 aliphatic rings. The van der Waals surface area contributed by atoms with Crippen LogP contribution in [0.3, 0.4) is 0 Å². The zero-order valence-electron chi connectivity index (χ0n) is 12.4. The van der Waals surface area contributed by atoms with E-state index in [1.165, 1.54) is 25.5 Å². The molecule has 1 aromatic carbocycles. The van der Waals surface area contributed by atoms with Gasteiger partial charge in [0.05, 0.1) is 16.9 Å². The van der Waals surface area contributed by atoms with E-state index in [0.29, 0.717) is 16.3 Å². The molecule has 2 rings (SSSR count). The third-order valence-electron chi connectivity index (χ3n) is 2.93. The summed E-state index contributed by atoms with van der Waals surface area (Å²) in [7, 11) is 0.934. The van der Waals surface area contributed by atoms with E-state index in [1.807, 2.05) is 0 Å². The molecule has 0 fully saturated rings. The molecular formula is C14H16N2O4S2. The molecule has 8 heteroatoms. The highest BCUT2D eigenvalue weighted by Gasteiger charge is 2.21. The first-order valence-corrected chi connectivity index (χ1v) is 8.63. The van der Waals surface area contributed by atoms with Gasteiger partial charge in [-0.05, 0) is 30.3 Å². The van der Waals surface area contributed by atoms with Gasteiger partial charge in [0.25, 0.3) is 5.91 Å². The Hall–Kier alpha value is -1.90. The number of thiophene rings is 1. The van der Waals surface area contributed by atoms with E-state index in [-0.39, 0.29) is 10.8 Å². The van der Waals surface area contributed by atoms with E-state index >= 15 is 0 Å². The molecule has 22 heavy (non-hydrogen) atoms. The maximum Gasteiger partial charge on any atom is 0.265 e. The fourth-order valence-corrected chi connectivity index (χ4v) is 3.71. The minimum atomic E-state index is -3.52. The van der Waals surface area contributed by atoms with Crippen LogP contribution in [0.25, 0.3) is 0 Å². The average molecular weight is 340 g/mol. The van der Waals surface area contributed by atoms with Gasteiger partial charge < -0.3 is 10.1 Å². The molecular weight excluding hydrogens is 324 g/mol. The molecule has 0 saturated heterocycles. The van der Waals surface area contributed by atoms with Crippen LogP contribution < -0.4 is 10.1 Å². The molecule has 6 nitrogen and oxygen atoms in total. The minimum absolute atomic E-state index is 0.113. The molecule has 0 saturated carbocycles. The fraction of sp³-hybridized carbons (Fsp3) is 0.214. The van der Waals surface area contributed by atoms with Crippen molar-refractivity contribution in [1.29, 1.82) is 0 Å². The van der Waals surface area contributed by atoms with E-state index in [2.05, 4.69) is 5.32 Å². The van der Waals surface area contributed by atoms with E-state index in [0.717, 1.165) is 15.6 Å². The Bertz CT molecular complexity index is 764. The molecule has 1 aromatic heterocycles. The Labute approximate surface area is 133 Å². The van der Waals surface area contributed by atoms with Gasteiger partial charge in [-0.25, -0.2) is 12.7 Å². The number of nitrogens with one attached hydrogen (secondary N) is 1. The van der Waals surface area contributed by atoms with Crippen molar-refractivity contribution in [2.45, 2.75) is 4.90 Å². The molecule has 2 aromatic rings. The average Bonchev–Trinajstić information content (AvgIpc) is 2.98. The van der Waals surface area contributed by atoms with Crippen LogP contribution in [0.2, 0.25) is 0 Å². The van der Waals surface area contributed by atoms with Crippen LogP contribution in [0.15, 0.2) is 40.6 Å². The minimum Gasteiger partial charge on any atom is -0.497 e. The summed E-state index contributed by atoms with van der Waals surface area (Å²) in [4.78, 5) is 12.6. The van der Waals surface area contributed by atoms with Crippen molar-refractivity contribution in [2.24, 2.45) is 0 Å². The van der Waals surface area contributed by atoms with Crippen molar-refractivity contribution in [3.63, 3.8) is 0 Å². The van der Waals surface area contributed by atoms with Gasteiger partial charge in [0.1, 0.15) is 5.75 Å². The van der Waals surface area contributed by atoms with Gasteiger partial charge in [-0.15, -0.1) is 11.3 Å². The van der Waals surface area contributed by atoms with Crippen molar-refractivity contribution >= 4 is 33.0 Å². The Kier molecular flexibility index (Phi) is 4.84. The van der Waals surface area contributed by atoms with Crippen LogP contribution >= 0.6 is 11.3 Å². The second kappa shape index (κ2) is 6.47. The number of anilines is 1. The van der Waals surface area contributed by atoms with E-state index < -0.39 is 10.0 Å². The van der Waals surface area contributed by atoms with Crippen LogP contribution in [0, 0.1) is 0 Å².